The van der Waals surface area contributed by atoms with Crippen molar-refractivity contribution < 1.29 is 24.2 Å². The number of nitrogens with zero attached hydrogens (tertiary/aromatic N) is 1. The van der Waals surface area contributed by atoms with E-state index in [0.717, 1.165) is 24.8 Å². The van der Waals surface area contributed by atoms with Gasteiger partial charge in [-0.25, -0.2) is 4.79 Å². The van der Waals surface area contributed by atoms with Gasteiger partial charge in [0.15, 0.2) is 0 Å². The number of unbranched alkanes of at least 4 members (excludes halogenated alkanes) is 1. The fourth-order valence-corrected chi connectivity index (χ4v) is 3.39. The number of halogens is 1. The number of amides is 1. The Labute approximate surface area is 171 Å². The van der Waals surface area contributed by atoms with Crippen LogP contribution in [0.25, 0.3) is 0 Å². The summed E-state index contributed by atoms with van der Waals surface area (Å²) in [6.45, 7) is 1.05. The van der Waals surface area contributed by atoms with Gasteiger partial charge in [0, 0.05) is 31.0 Å². The molecule has 1 aromatic rings. The van der Waals surface area contributed by atoms with Gasteiger partial charge in [-0.2, -0.15) is 0 Å². The fourth-order valence-electron chi connectivity index (χ4n) is 3.18. The minimum atomic E-state index is -0.622. The lowest BCUT2D eigenvalue weighted by Crippen LogP contribution is -2.33. The molecule has 0 saturated carbocycles. The summed E-state index contributed by atoms with van der Waals surface area (Å²) in [5, 5.41) is 10.9. The number of aliphatic hydroxyl groups is 1. The van der Waals surface area contributed by atoms with E-state index in [1.54, 1.807) is 12.1 Å². The summed E-state index contributed by atoms with van der Waals surface area (Å²) in [4.78, 5) is 24.9. The number of methoxy groups -OCH3 is 1. The number of esters is 1. The van der Waals surface area contributed by atoms with E-state index < -0.39 is 12.1 Å². The Balaban J connectivity index is 1.74. The van der Waals surface area contributed by atoms with E-state index in [1.807, 2.05) is 29.2 Å². The molecular weight excluding hydrogens is 382 g/mol. The molecule has 0 radical (unpaired) electrons. The number of benzene rings is 1. The third kappa shape index (κ3) is 7.62. The maximum absolute atomic E-state index is 12.1. The Morgan fingerprint density at radius 3 is 3.00 bits per heavy atom. The number of aliphatic hydroxyl groups excluding tert-OH is 1. The summed E-state index contributed by atoms with van der Waals surface area (Å²) in [7, 11) is 1.32. The van der Waals surface area contributed by atoms with Crippen molar-refractivity contribution in [3.63, 3.8) is 0 Å². The van der Waals surface area contributed by atoms with Crippen molar-refractivity contribution in [2.24, 2.45) is 0 Å². The van der Waals surface area contributed by atoms with Gasteiger partial charge in [0.25, 0.3) is 0 Å². The lowest BCUT2D eigenvalue weighted by atomic mass is 10.1. The van der Waals surface area contributed by atoms with Crippen LogP contribution in [0.2, 0.25) is 5.02 Å². The number of hydrogen-bond donors (Lipinski definition) is 1. The molecule has 1 aliphatic rings. The highest BCUT2D eigenvalue weighted by Gasteiger charge is 2.28. The fraction of sp³-hybridized carbons (Fsp3) is 0.524. The molecule has 1 fully saturated rings. The number of carbonyl (C=O) groups is 2. The SMILES string of the molecule is COC(=O)COCCCCN1C(=O)CC[C@@H]1/C=C/[C@@H](O)Cc1cccc(Cl)c1. The molecule has 0 aliphatic carbocycles. The predicted molar refractivity (Wildman–Crippen MR) is 107 cm³/mol. The first-order chi connectivity index (χ1) is 13.5. The smallest absolute Gasteiger partial charge is 0.331 e. The summed E-state index contributed by atoms with van der Waals surface area (Å²) in [6, 6.07) is 7.44. The molecule has 2 atom stereocenters. The third-order valence-electron chi connectivity index (χ3n) is 4.65. The van der Waals surface area contributed by atoms with E-state index in [9.17, 15) is 14.7 Å². The van der Waals surface area contributed by atoms with Crippen LogP contribution in [-0.2, 0) is 25.5 Å². The molecule has 1 aromatic carbocycles. The average Bonchev–Trinajstić information content (AvgIpc) is 3.02. The minimum absolute atomic E-state index is 0.0116. The topological polar surface area (TPSA) is 76.1 Å². The molecule has 0 unspecified atom stereocenters. The molecule has 1 saturated heterocycles. The number of carbonyl (C=O) groups excluding carboxylic acids is 2. The van der Waals surface area contributed by atoms with Gasteiger partial charge in [-0.1, -0.05) is 35.9 Å². The van der Waals surface area contributed by atoms with Gasteiger partial charge >= 0.3 is 5.97 Å². The van der Waals surface area contributed by atoms with Crippen LogP contribution in [0.3, 0.4) is 0 Å². The van der Waals surface area contributed by atoms with Crippen LogP contribution in [0.15, 0.2) is 36.4 Å². The van der Waals surface area contributed by atoms with Crippen LogP contribution >= 0.6 is 11.6 Å². The Kier molecular flexibility index (Phi) is 9.47. The monoisotopic (exact) mass is 409 g/mol. The maximum Gasteiger partial charge on any atom is 0.331 e. The van der Waals surface area contributed by atoms with Crippen molar-refractivity contribution >= 4 is 23.5 Å². The molecule has 7 heteroatoms. The second-order valence-corrected chi connectivity index (χ2v) is 7.25. The second-order valence-electron chi connectivity index (χ2n) is 6.82. The van der Waals surface area contributed by atoms with Crippen LogP contribution in [0.1, 0.15) is 31.2 Å². The molecule has 28 heavy (non-hydrogen) atoms. The highest BCUT2D eigenvalue weighted by Crippen LogP contribution is 2.21. The van der Waals surface area contributed by atoms with E-state index in [1.165, 1.54) is 7.11 Å². The Hall–Kier alpha value is -1.89. The van der Waals surface area contributed by atoms with Crippen molar-refractivity contribution in [3.05, 3.63) is 47.0 Å². The largest absolute Gasteiger partial charge is 0.467 e. The zero-order chi connectivity index (χ0) is 20.4. The molecule has 2 rings (SSSR count). The Bertz CT molecular complexity index is 679. The first-order valence-electron chi connectivity index (χ1n) is 9.54. The van der Waals surface area contributed by atoms with E-state index in [-0.39, 0.29) is 18.6 Å². The summed E-state index contributed by atoms with van der Waals surface area (Å²) in [5.74, 6) is -0.259. The summed E-state index contributed by atoms with van der Waals surface area (Å²) in [6.07, 6.45) is 6.38. The summed E-state index contributed by atoms with van der Waals surface area (Å²) >= 11 is 5.97. The highest BCUT2D eigenvalue weighted by atomic mass is 35.5. The molecule has 1 aliphatic heterocycles. The van der Waals surface area contributed by atoms with Gasteiger partial charge < -0.3 is 19.5 Å². The van der Waals surface area contributed by atoms with Crippen molar-refractivity contribution in [1.82, 2.24) is 4.90 Å². The third-order valence-corrected chi connectivity index (χ3v) is 4.88. The maximum atomic E-state index is 12.1. The Morgan fingerprint density at radius 1 is 1.43 bits per heavy atom. The van der Waals surface area contributed by atoms with Crippen LogP contribution in [0, 0.1) is 0 Å². The molecule has 0 spiro atoms. The van der Waals surface area contributed by atoms with E-state index in [4.69, 9.17) is 16.3 Å². The molecule has 0 aromatic heterocycles. The average molecular weight is 410 g/mol. The van der Waals surface area contributed by atoms with Crippen molar-refractivity contribution in [2.45, 2.75) is 44.2 Å². The van der Waals surface area contributed by atoms with Crippen molar-refractivity contribution in [1.29, 1.82) is 0 Å². The van der Waals surface area contributed by atoms with Gasteiger partial charge in [-0.15, -0.1) is 0 Å². The number of hydrogen-bond acceptors (Lipinski definition) is 5. The molecule has 1 N–H and O–H groups in total. The molecule has 1 heterocycles. The van der Waals surface area contributed by atoms with Crippen LogP contribution < -0.4 is 0 Å². The summed E-state index contributed by atoms with van der Waals surface area (Å²) in [5.41, 5.74) is 0.968. The van der Waals surface area contributed by atoms with E-state index in [2.05, 4.69) is 4.74 Å². The lowest BCUT2D eigenvalue weighted by molar-refractivity contribution is -0.145. The van der Waals surface area contributed by atoms with Crippen molar-refractivity contribution in [2.75, 3.05) is 26.9 Å². The Morgan fingerprint density at radius 2 is 2.25 bits per heavy atom. The zero-order valence-corrected chi connectivity index (χ0v) is 16.9. The minimum Gasteiger partial charge on any atom is -0.467 e. The van der Waals surface area contributed by atoms with Gasteiger partial charge in [0.2, 0.25) is 5.91 Å². The highest BCUT2D eigenvalue weighted by molar-refractivity contribution is 6.30. The second kappa shape index (κ2) is 11.8. The number of ether oxygens (including phenoxy) is 2. The van der Waals surface area contributed by atoms with Crippen LogP contribution in [0.4, 0.5) is 0 Å². The number of rotatable bonds is 11. The predicted octanol–water partition coefficient (Wildman–Crippen LogP) is 2.76. The molecular formula is C21H28ClNO5. The first kappa shape index (κ1) is 22.4. The molecule has 154 valence electrons. The standard InChI is InChI=1S/C21H28ClNO5/c1-27-21(26)15-28-12-3-2-11-23-18(8-10-20(23)25)7-9-19(24)14-16-5-4-6-17(22)13-16/h4-7,9,13,18-19,24H,2-3,8,10-12,14-15H2,1H3/b9-7+/t18-,19+/m0/s1. The molecule has 6 nitrogen and oxygen atoms in total. The van der Waals surface area contributed by atoms with Gasteiger partial charge in [-0.3, -0.25) is 4.79 Å². The number of likely N-dealkylation sites (tertiary alicyclic amines) is 1. The van der Waals surface area contributed by atoms with Crippen LogP contribution in [-0.4, -0.2) is 60.9 Å². The van der Waals surface area contributed by atoms with E-state index >= 15 is 0 Å². The first-order valence-corrected chi connectivity index (χ1v) is 9.92. The van der Waals surface area contributed by atoms with Crippen molar-refractivity contribution in [3.8, 4) is 0 Å². The normalized spacial score (nSPS) is 18.0. The van der Waals surface area contributed by atoms with Gasteiger partial charge in [0.05, 0.1) is 19.3 Å². The van der Waals surface area contributed by atoms with Crippen LogP contribution in [0.5, 0.6) is 0 Å². The summed E-state index contributed by atoms with van der Waals surface area (Å²) < 4.78 is 9.72. The quantitative estimate of drug-likeness (QED) is 0.345. The van der Waals surface area contributed by atoms with Gasteiger partial charge in [0.1, 0.15) is 6.61 Å². The zero-order valence-electron chi connectivity index (χ0n) is 16.2. The van der Waals surface area contributed by atoms with Gasteiger partial charge in [-0.05, 0) is 37.0 Å². The molecule has 1 amide bonds. The molecule has 0 bridgehead atoms. The van der Waals surface area contributed by atoms with E-state index in [0.29, 0.717) is 31.0 Å². The lowest BCUT2D eigenvalue weighted by Gasteiger charge is -2.22.